The Morgan fingerprint density at radius 3 is 2.74 bits per heavy atom. The van der Waals surface area contributed by atoms with E-state index in [1.165, 1.54) is 0 Å². The predicted molar refractivity (Wildman–Crippen MR) is 75.7 cm³/mol. The molecule has 0 aliphatic heterocycles. The van der Waals surface area contributed by atoms with Gasteiger partial charge in [-0.3, -0.25) is 9.78 Å². The zero-order valence-corrected chi connectivity index (χ0v) is 11.1. The van der Waals surface area contributed by atoms with E-state index in [-0.39, 0.29) is 5.91 Å². The molecule has 0 spiro atoms. The van der Waals surface area contributed by atoms with Gasteiger partial charge in [0.2, 0.25) is 0 Å². The summed E-state index contributed by atoms with van der Waals surface area (Å²) in [4.78, 5) is 16.1. The molecule has 0 saturated heterocycles. The molecule has 0 atom stereocenters. The number of aryl methyl sites for hydroxylation is 2. The van der Waals surface area contributed by atoms with Crippen LogP contribution < -0.4 is 11.1 Å². The molecule has 4 nitrogen and oxygen atoms in total. The third kappa shape index (κ3) is 3.10. The summed E-state index contributed by atoms with van der Waals surface area (Å²) in [5.74, 6) is -0.0979. The second-order valence-electron chi connectivity index (χ2n) is 4.56. The minimum absolute atomic E-state index is 0.0979. The standard InChI is InChI=1S/C15H17N3O/c1-10-7-12(3-4-14(10)16)15(19)18-9-13-5-6-17-8-11(13)2/h3-8H,9,16H2,1-2H3,(H,18,19). The number of nitrogens with two attached hydrogens (primary N) is 1. The van der Waals surface area contributed by atoms with Crippen LogP contribution in [0, 0.1) is 13.8 Å². The summed E-state index contributed by atoms with van der Waals surface area (Å²) in [6.07, 6.45) is 3.51. The van der Waals surface area contributed by atoms with Crippen molar-refractivity contribution in [2.45, 2.75) is 20.4 Å². The molecule has 2 rings (SSSR count). The lowest BCUT2D eigenvalue weighted by atomic mass is 10.1. The maximum atomic E-state index is 12.0. The maximum absolute atomic E-state index is 12.0. The van der Waals surface area contributed by atoms with Gasteiger partial charge in [-0.1, -0.05) is 0 Å². The Kier molecular flexibility index (Phi) is 3.80. The number of benzene rings is 1. The van der Waals surface area contributed by atoms with Gasteiger partial charge >= 0.3 is 0 Å². The number of rotatable bonds is 3. The number of carbonyl (C=O) groups is 1. The molecular weight excluding hydrogens is 238 g/mol. The Labute approximate surface area is 112 Å². The summed E-state index contributed by atoms with van der Waals surface area (Å²) in [5.41, 5.74) is 10.1. The van der Waals surface area contributed by atoms with Gasteiger partial charge in [0.25, 0.3) is 5.91 Å². The van der Waals surface area contributed by atoms with E-state index < -0.39 is 0 Å². The third-order valence-corrected chi connectivity index (χ3v) is 3.11. The molecule has 4 heteroatoms. The predicted octanol–water partition coefficient (Wildman–Crippen LogP) is 2.21. The molecule has 1 aromatic carbocycles. The van der Waals surface area contributed by atoms with E-state index in [4.69, 9.17) is 5.73 Å². The quantitative estimate of drug-likeness (QED) is 0.826. The van der Waals surface area contributed by atoms with E-state index >= 15 is 0 Å². The molecule has 0 aliphatic carbocycles. The van der Waals surface area contributed by atoms with Crippen molar-refractivity contribution in [2.24, 2.45) is 0 Å². The first-order valence-electron chi connectivity index (χ1n) is 6.12. The van der Waals surface area contributed by atoms with Crippen LogP contribution in [0.4, 0.5) is 5.69 Å². The number of nitrogen functional groups attached to an aromatic ring is 1. The van der Waals surface area contributed by atoms with Crippen molar-refractivity contribution in [1.82, 2.24) is 10.3 Å². The summed E-state index contributed by atoms with van der Waals surface area (Å²) >= 11 is 0. The first-order valence-corrected chi connectivity index (χ1v) is 6.12. The molecule has 1 heterocycles. The lowest BCUT2D eigenvalue weighted by Gasteiger charge is -2.08. The Balaban J connectivity index is 2.05. The third-order valence-electron chi connectivity index (χ3n) is 3.11. The van der Waals surface area contributed by atoms with Crippen LogP contribution in [-0.4, -0.2) is 10.9 Å². The summed E-state index contributed by atoms with van der Waals surface area (Å²) in [5, 5.41) is 2.90. The molecule has 3 N–H and O–H groups in total. The van der Waals surface area contributed by atoms with E-state index in [1.807, 2.05) is 19.9 Å². The minimum atomic E-state index is -0.0979. The molecule has 0 saturated carbocycles. The number of hydrogen-bond acceptors (Lipinski definition) is 3. The topological polar surface area (TPSA) is 68.0 Å². The van der Waals surface area contributed by atoms with Crippen molar-refractivity contribution in [2.75, 3.05) is 5.73 Å². The fourth-order valence-electron chi connectivity index (χ4n) is 1.80. The summed E-state index contributed by atoms with van der Waals surface area (Å²) < 4.78 is 0. The Hall–Kier alpha value is -2.36. The van der Waals surface area contributed by atoms with Gasteiger partial charge in [0.05, 0.1) is 0 Å². The first kappa shape index (κ1) is 13.1. The number of pyridine rings is 1. The highest BCUT2D eigenvalue weighted by Crippen LogP contribution is 2.13. The van der Waals surface area contributed by atoms with Gasteiger partial charge in [0.15, 0.2) is 0 Å². The highest BCUT2D eigenvalue weighted by molar-refractivity contribution is 5.94. The summed E-state index contributed by atoms with van der Waals surface area (Å²) in [7, 11) is 0. The normalized spacial score (nSPS) is 10.2. The largest absolute Gasteiger partial charge is 0.399 e. The van der Waals surface area contributed by atoms with Crippen LogP contribution in [0.25, 0.3) is 0 Å². The van der Waals surface area contributed by atoms with Crippen LogP contribution in [0.15, 0.2) is 36.7 Å². The van der Waals surface area contributed by atoms with Crippen LogP contribution in [0.3, 0.4) is 0 Å². The van der Waals surface area contributed by atoms with Crippen LogP contribution in [0.1, 0.15) is 27.0 Å². The minimum Gasteiger partial charge on any atom is -0.399 e. The van der Waals surface area contributed by atoms with Gasteiger partial charge < -0.3 is 11.1 Å². The highest BCUT2D eigenvalue weighted by atomic mass is 16.1. The van der Waals surface area contributed by atoms with Crippen molar-refractivity contribution in [3.63, 3.8) is 0 Å². The molecule has 1 aromatic heterocycles. The molecule has 1 amide bonds. The SMILES string of the molecule is Cc1cc(C(=O)NCc2ccncc2C)ccc1N. The van der Waals surface area contributed by atoms with Crippen LogP contribution in [0.5, 0.6) is 0 Å². The van der Waals surface area contributed by atoms with E-state index in [9.17, 15) is 4.79 Å². The number of hydrogen-bond donors (Lipinski definition) is 2. The summed E-state index contributed by atoms with van der Waals surface area (Å²) in [6.45, 7) is 4.36. The summed E-state index contributed by atoms with van der Waals surface area (Å²) in [6, 6.07) is 7.19. The zero-order valence-electron chi connectivity index (χ0n) is 11.1. The number of amides is 1. The number of nitrogens with one attached hydrogen (secondary N) is 1. The number of carbonyl (C=O) groups excluding carboxylic acids is 1. The van der Waals surface area contributed by atoms with Crippen LogP contribution >= 0.6 is 0 Å². The van der Waals surface area contributed by atoms with Crippen LogP contribution in [0.2, 0.25) is 0 Å². The molecule has 19 heavy (non-hydrogen) atoms. The second-order valence-corrected chi connectivity index (χ2v) is 4.56. The van der Waals surface area contributed by atoms with Gasteiger partial charge in [-0.25, -0.2) is 0 Å². The Bertz CT molecular complexity index is 608. The Morgan fingerprint density at radius 2 is 2.05 bits per heavy atom. The van der Waals surface area contributed by atoms with E-state index in [0.29, 0.717) is 17.8 Å². The van der Waals surface area contributed by atoms with E-state index in [0.717, 1.165) is 16.7 Å². The Morgan fingerprint density at radius 1 is 1.26 bits per heavy atom. The average Bonchev–Trinajstić information content (AvgIpc) is 2.40. The maximum Gasteiger partial charge on any atom is 0.251 e. The second kappa shape index (κ2) is 5.52. The van der Waals surface area contributed by atoms with Gasteiger partial charge in [-0.2, -0.15) is 0 Å². The molecule has 0 aliphatic rings. The van der Waals surface area contributed by atoms with Gasteiger partial charge in [-0.15, -0.1) is 0 Å². The average molecular weight is 255 g/mol. The molecule has 0 bridgehead atoms. The molecular formula is C15H17N3O. The highest BCUT2D eigenvalue weighted by Gasteiger charge is 2.07. The van der Waals surface area contributed by atoms with Gasteiger partial charge in [0, 0.05) is 30.2 Å². The van der Waals surface area contributed by atoms with Crippen molar-refractivity contribution in [3.8, 4) is 0 Å². The molecule has 0 unspecified atom stereocenters. The van der Waals surface area contributed by atoms with Crippen molar-refractivity contribution >= 4 is 11.6 Å². The van der Waals surface area contributed by atoms with E-state index in [2.05, 4.69) is 10.3 Å². The van der Waals surface area contributed by atoms with Crippen LogP contribution in [-0.2, 0) is 6.54 Å². The molecule has 0 fully saturated rings. The fourth-order valence-corrected chi connectivity index (χ4v) is 1.80. The molecule has 2 aromatic rings. The van der Waals surface area contributed by atoms with E-state index in [1.54, 1.807) is 30.6 Å². The van der Waals surface area contributed by atoms with Crippen molar-refractivity contribution < 1.29 is 4.79 Å². The lowest BCUT2D eigenvalue weighted by molar-refractivity contribution is 0.0951. The lowest BCUT2D eigenvalue weighted by Crippen LogP contribution is -2.23. The van der Waals surface area contributed by atoms with Crippen molar-refractivity contribution in [3.05, 3.63) is 58.9 Å². The number of nitrogens with zero attached hydrogens (tertiary/aromatic N) is 1. The fraction of sp³-hybridized carbons (Fsp3) is 0.200. The van der Waals surface area contributed by atoms with Gasteiger partial charge in [-0.05, 0) is 54.8 Å². The molecule has 98 valence electrons. The zero-order chi connectivity index (χ0) is 13.8. The number of anilines is 1. The first-order chi connectivity index (χ1) is 9.08. The smallest absolute Gasteiger partial charge is 0.251 e. The monoisotopic (exact) mass is 255 g/mol. The van der Waals surface area contributed by atoms with Gasteiger partial charge in [0.1, 0.15) is 0 Å². The molecule has 0 radical (unpaired) electrons. The van der Waals surface area contributed by atoms with Crippen molar-refractivity contribution in [1.29, 1.82) is 0 Å². The number of aromatic nitrogens is 1.